The Morgan fingerprint density at radius 2 is 2.31 bits per heavy atom. The molecule has 0 atom stereocenters. The van der Waals surface area contributed by atoms with Gasteiger partial charge in [-0.25, -0.2) is 4.98 Å². The third-order valence-electron chi connectivity index (χ3n) is 2.01. The predicted molar refractivity (Wildman–Crippen MR) is 68.8 cm³/mol. The van der Waals surface area contributed by atoms with Gasteiger partial charge in [0.2, 0.25) is 0 Å². The molecule has 0 unspecified atom stereocenters. The minimum Gasteiger partial charge on any atom is -0.293 e. The molecule has 0 aliphatic heterocycles. The molecule has 0 N–H and O–H groups in total. The number of hydrogen-bond acceptors (Lipinski definition) is 6. The number of ketones is 1. The zero-order chi connectivity index (χ0) is 11.5. The van der Waals surface area contributed by atoms with Crippen molar-refractivity contribution < 1.29 is 4.79 Å². The Bertz CT molecular complexity index is 490. The highest BCUT2D eigenvalue weighted by Crippen LogP contribution is 2.24. The van der Waals surface area contributed by atoms with Crippen molar-refractivity contribution in [1.29, 1.82) is 0 Å². The van der Waals surface area contributed by atoms with Crippen molar-refractivity contribution in [2.45, 2.75) is 18.2 Å². The van der Waals surface area contributed by atoms with Crippen LogP contribution in [0.5, 0.6) is 0 Å². The summed E-state index contributed by atoms with van der Waals surface area (Å²) in [6.07, 6.45) is 1.51. The molecule has 0 bridgehead atoms. The highest BCUT2D eigenvalue weighted by molar-refractivity contribution is 8.01. The van der Waals surface area contributed by atoms with Crippen LogP contribution in [0.3, 0.4) is 0 Å². The Labute approximate surface area is 106 Å². The maximum Gasteiger partial charge on any atom is 0.174 e. The molecule has 0 amide bonds. The fourth-order valence-electron chi connectivity index (χ4n) is 1.34. The molecule has 0 fully saturated rings. The van der Waals surface area contributed by atoms with Crippen molar-refractivity contribution in [2.24, 2.45) is 0 Å². The molecular weight excluding hydrogens is 260 g/mol. The van der Waals surface area contributed by atoms with E-state index in [-0.39, 0.29) is 5.78 Å². The molecule has 3 nitrogen and oxygen atoms in total. The quantitative estimate of drug-likeness (QED) is 0.632. The van der Waals surface area contributed by atoms with E-state index in [2.05, 4.69) is 9.36 Å². The topological polar surface area (TPSA) is 42.9 Å². The Balaban J connectivity index is 2.01. The lowest BCUT2D eigenvalue weighted by molar-refractivity contribution is 0.102. The molecule has 2 heterocycles. The first-order valence-electron chi connectivity index (χ1n) is 4.66. The summed E-state index contributed by atoms with van der Waals surface area (Å²) in [5.41, 5.74) is 0.847. The largest absolute Gasteiger partial charge is 0.293 e. The van der Waals surface area contributed by atoms with Gasteiger partial charge in [-0.15, -0.1) is 11.3 Å². The lowest BCUT2D eigenvalue weighted by atomic mass is 10.2. The molecule has 6 heteroatoms. The zero-order valence-corrected chi connectivity index (χ0v) is 11.3. The van der Waals surface area contributed by atoms with Crippen molar-refractivity contribution in [3.8, 4) is 0 Å². The van der Waals surface area contributed by atoms with E-state index in [0.29, 0.717) is 5.75 Å². The van der Waals surface area contributed by atoms with Gasteiger partial charge in [-0.2, -0.15) is 4.37 Å². The fourth-order valence-corrected chi connectivity index (χ4v) is 3.61. The molecule has 0 spiro atoms. The molecular formula is C10H10N2OS3. The van der Waals surface area contributed by atoms with E-state index in [9.17, 15) is 4.79 Å². The molecule has 0 aliphatic carbocycles. The summed E-state index contributed by atoms with van der Waals surface area (Å²) in [6.45, 7) is 4.01. The van der Waals surface area contributed by atoms with Gasteiger partial charge in [-0.05, 0) is 31.4 Å². The van der Waals surface area contributed by atoms with Crippen LogP contribution in [0.1, 0.15) is 20.1 Å². The van der Waals surface area contributed by atoms with Gasteiger partial charge in [0.05, 0.1) is 5.75 Å². The normalized spacial score (nSPS) is 10.6. The van der Waals surface area contributed by atoms with Crippen LogP contribution < -0.4 is 0 Å². The molecule has 0 saturated heterocycles. The summed E-state index contributed by atoms with van der Waals surface area (Å²) in [7, 11) is 0. The van der Waals surface area contributed by atoms with Crippen molar-refractivity contribution in [3.05, 3.63) is 27.7 Å². The highest BCUT2D eigenvalue weighted by atomic mass is 32.2. The highest BCUT2D eigenvalue weighted by Gasteiger charge is 2.12. The van der Waals surface area contributed by atoms with Crippen molar-refractivity contribution in [2.75, 3.05) is 5.75 Å². The minimum atomic E-state index is 0.169. The van der Waals surface area contributed by atoms with Crippen molar-refractivity contribution in [3.63, 3.8) is 0 Å². The first kappa shape index (κ1) is 11.8. The predicted octanol–water partition coefficient (Wildman–Crippen LogP) is 3.19. The van der Waals surface area contributed by atoms with Gasteiger partial charge in [0, 0.05) is 15.3 Å². The summed E-state index contributed by atoms with van der Waals surface area (Å²) in [6, 6.07) is 1.96. The number of aryl methyl sites for hydroxylation is 2. The second-order valence-corrected chi connectivity index (χ2v) is 6.71. The van der Waals surface area contributed by atoms with Crippen molar-refractivity contribution in [1.82, 2.24) is 9.36 Å². The molecule has 0 radical (unpaired) electrons. The summed E-state index contributed by atoms with van der Waals surface area (Å²) in [4.78, 5) is 18.2. The van der Waals surface area contributed by atoms with Crippen LogP contribution in [0.25, 0.3) is 0 Å². The Morgan fingerprint density at radius 3 is 2.88 bits per heavy atom. The monoisotopic (exact) mass is 270 g/mol. The number of thioether (sulfide) groups is 1. The average molecular weight is 270 g/mol. The molecule has 16 heavy (non-hydrogen) atoms. The number of carbonyl (C=O) groups excluding carboxylic acids is 1. The van der Waals surface area contributed by atoms with Crippen LogP contribution in [0.2, 0.25) is 0 Å². The molecule has 0 saturated carbocycles. The summed E-state index contributed by atoms with van der Waals surface area (Å²) < 4.78 is 4.74. The van der Waals surface area contributed by atoms with E-state index in [1.165, 1.54) is 34.5 Å². The second-order valence-electron chi connectivity index (χ2n) is 3.25. The van der Waals surface area contributed by atoms with E-state index in [1.54, 1.807) is 11.3 Å². The second kappa shape index (κ2) is 5.07. The number of nitrogens with zero attached hydrogens (tertiary/aromatic N) is 2. The molecule has 2 rings (SSSR count). The summed E-state index contributed by atoms with van der Waals surface area (Å²) in [5.74, 6) is 0.605. The van der Waals surface area contributed by atoms with E-state index in [4.69, 9.17) is 0 Å². The summed E-state index contributed by atoms with van der Waals surface area (Å²) >= 11 is 4.44. The van der Waals surface area contributed by atoms with Gasteiger partial charge in [0.25, 0.3) is 0 Å². The van der Waals surface area contributed by atoms with E-state index in [1.807, 2.05) is 19.9 Å². The molecule has 2 aromatic heterocycles. The number of carbonyl (C=O) groups is 1. The van der Waals surface area contributed by atoms with Crippen LogP contribution >= 0.6 is 34.6 Å². The number of rotatable bonds is 4. The van der Waals surface area contributed by atoms with Gasteiger partial charge >= 0.3 is 0 Å². The van der Waals surface area contributed by atoms with E-state index >= 15 is 0 Å². The van der Waals surface area contributed by atoms with Crippen LogP contribution in [0, 0.1) is 13.8 Å². The van der Waals surface area contributed by atoms with Crippen LogP contribution in [-0.2, 0) is 0 Å². The third kappa shape index (κ3) is 2.69. The smallest absolute Gasteiger partial charge is 0.174 e. The van der Waals surface area contributed by atoms with Gasteiger partial charge < -0.3 is 0 Å². The lowest BCUT2D eigenvalue weighted by Gasteiger charge is -1.97. The third-order valence-corrected chi connectivity index (χ3v) is 4.77. The SMILES string of the molecule is Cc1cc(C(=O)CSc2ncns2)c(C)s1. The Morgan fingerprint density at radius 1 is 1.50 bits per heavy atom. The van der Waals surface area contributed by atoms with E-state index in [0.717, 1.165) is 14.8 Å². The van der Waals surface area contributed by atoms with Crippen LogP contribution in [-0.4, -0.2) is 20.9 Å². The number of Topliss-reactive ketones (excluding diaryl/α,β-unsaturated/α-hetero) is 1. The first-order valence-corrected chi connectivity index (χ1v) is 7.24. The molecule has 2 aromatic rings. The van der Waals surface area contributed by atoms with Gasteiger partial charge in [0.15, 0.2) is 10.1 Å². The molecule has 0 aromatic carbocycles. The van der Waals surface area contributed by atoms with Crippen LogP contribution in [0.4, 0.5) is 0 Å². The zero-order valence-electron chi connectivity index (χ0n) is 8.89. The average Bonchev–Trinajstić information content (AvgIpc) is 2.84. The number of hydrogen-bond donors (Lipinski definition) is 0. The fraction of sp³-hybridized carbons (Fsp3) is 0.300. The molecule has 0 aliphatic rings. The first-order chi connectivity index (χ1) is 7.66. The summed E-state index contributed by atoms with van der Waals surface area (Å²) in [5, 5.41) is 0. The maximum atomic E-state index is 11.9. The van der Waals surface area contributed by atoms with Gasteiger partial charge in [-0.1, -0.05) is 11.8 Å². The maximum absolute atomic E-state index is 11.9. The van der Waals surface area contributed by atoms with Gasteiger partial charge in [-0.3, -0.25) is 4.79 Å². The van der Waals surface area contributed by atoms with Crippen LogP contribution in [0.15, 0.2) is 16.7 Å². The number of aromatic nitrogens is 2. The Kier molecular flexibility index (Phi) is 3.73. The Hall–Kier alpha value is -0.720. The molecule has 84 valence electrons. The van der Waals surface area contributed by atoms with Gasteiger partial charge in [0.1, 0.15) is 6.33 Å². The van der Waals surface area contributed by atoms with Crippen molar-refractivity contribution >= 4 is 40.4 Å². The minimum absolute atomic E-state index is 0.169. The number of thiophene rings is 1. The standard InChI is InChI=1S/C10H10N2OS3/c1-6-3-8(7(2)15-6)9(13)4-14-10-11-5-12-16-10/h3,5H,4H2,1-2H3. The van der Waals surface area contributed by atoms with E-state index < -0.39 is 0 Å². The lowest BCUT2D eigenvalue weighted by Crippen LogP contribution is -2.02.